The van der Waals surface area contributed by atoms with Crippen LogP contribution in [0.2, 0.25) is 0 Å². The Labute approximate surface area is 138 Å². The van der Waals surface area contributed by atoms with Crippen molar-refractivity contribution in [1.82, 2.24) is 9.88 Å². The number of para-hydroxylation sites is 1. The molecule has 0 atom stereocenters. The molecule has 0 aliphatic heterocycles. The lowest BCUT2D eigenvalue weighted by molar-refractivity contribution is 0.0749. The molecule has 1 amide bonds. The van der Waals surface area contributed by atoms with E-state index in [1.807, 2.05) is 29.2 Å². The number of rotatable bonds is 7. The first-order chi connectivity index (χ1) is 11.2. The highest BCUT2D eigenvalue weighted by atomic mass is 16.2. The van der Waals surface area contributed by atoms with Crippen molar-refractivity contribution in [2.75, 3.05) is 18.4 Å². The van der Waals surface area contributed by atoms with Crippen molar-refractivity contribution in [3.63, 3.8) is 0 Å². The van der Waals surface area contributed by atoms with Crippen molar-refractivity contribution in [3.8, 4) is 0 Å². The Bertz CT molecular complexity index is 631. The Morgan fingerprint density at radius 3 is 2.35 bits per heavy atom. The Hall–Kier alpha value is -2.36. The average molecular weight is 311 g/mol. The maximum absolute atomic E-state index is 12.5. The van der Waals surface area contributed by atoms with Gasteiger partial charge < -0.3 is 10.2 Å². The predicted octanol–water partition coefficient (Wildman–Crippen LogP) is 4.40. The second kappa shape index (κ2) is 8.32. The molecule has 1 N–H and O–H groups in total. The summed E-state index contributed by atoms with van der Waals surface area (Å²) in [6, 6.07) is 11.8. The number of amides is 1. The molecule has 122 valence electrons. The number of nitrogens with one attached hydrogen (secondary N) is 1. The van der Waals surface area contributed by atoms with Crippen molar-refractivity contribution >= 4 is 17.3 Å². The van der Waals surface area contributed by atoms with E-state index in [-0.39, 0.29) is 5.91 Å². The topological polar surface area (TPSA) is 45.2 Å². The number of benzene rings is 1. The van der Waals surface area contributed by atoms with Gasteiger partial charge in [0.15, 0.2) is 0 Å². The lowest BCUT2D eigenvalue weighted by Gasteiger charge is -2.21. The number of aromatic nitrogens is 1. The average Bonchev–Trinajstić information content (AvgIpc) is 2.57. The van der Waals surface area contributed by atoms with Crippen LogP contribution in [0.25, 0.3) is 0 Å². The molecule has 0 fully saturated rings. The molecule has 2 rings (SSSR count). The number of carbonyl (C=O) groups is 1. The van der Waals surface area contributed by atoms with E-state index < -0.39 is 0 Å². The summed E-state index contributed by atoms with van der Waals surface area (Å²) in [6.07, 6.45) is 3.63. The van der Waals surface area contributed by atoms with Crippen molar-refractivity contribution < 1.29 is 4.79 Å². The number of carbonyl (C=O) groups excluding carboxylic acids is 1. The zero-order chi connectivity index (χ0) is 16.7. The molecular formula is C19H25N3O. The van der Waals surface area contributed by atoms with Crippen molar-refractivity contribution in [2.24, 2.45) is 0 Å². The van der Waals surface area contributed by atoms with Gasteiger partial charge in [-0.25, -0.2) is 4.98 Å². The molecule has 2 aromatic rings. The van der Waals surface area contributed by atoms with E-state index >= 15 is 0 Å². The van der Waals surface area contributed by atoms with Crippen LogP contribution < -0.4 is 5.32 Å². The maximum atomic E-state index is 12.5. The van der Waals surface area contributed by atoms with Crippen LogP contribution in [0.15, 0.2) is 42.6 Å². The smallest absolute Gasteiger partial charge is 0.272 e. The Morgan fingerprint density at radius 2 is 1.78 bits per heavy atom. The third-order valence-electron chi connectivity index (χ3n) is 3.68. The maximum Gasteiger partial charge on any atom is 0.272 e. The third kappa shape index (κ3) is 4.55. The van der Waals surface area contributed by atoms with Crippen LogP contribution in [-0.4, -0.2) is 28.9 Å². The van der Waals surface area contributed by atoms with Crippen LogP contribution in [0, 0.1) is 6.92 Å². The molecule has 4 heteroatoms. The number of aryl methyl sites for hydroxylation is 1. The molecule has 1 aromatic carbocycles. The summed E-state index contributed by atoms with van der Waals surface area (Å²) < 4.78 is 0. The molecule has 0 spiro atoms. The zero-order valence-electron chi connectivity index (χ0n) is 14.2. The molecule has 0 aliphatic carbocycles. The summed E-state index contributed by atoms with van der Waals surface area (Å²) in [7, 11) is 0. The Morgan fingerprint density at radius 1 is 1.09 bits per heavy atom. The van der Waals surface area contributed by atoms with Crippen molar-refractivity contribution in [1.29, 1.82) is 0 Å². The lowest BCUT2D eigenvalue weighted by Crippen LogP contribution is -2.33. The van der Waals surface area contributed by atoms with Crippen LogP contribution in [-0.2, 0) is 0 Å². The second-order valence-corrected chi connectivity index (χ2v) is 5.66. The number of hydrogen-bond acceptors (Lipinski definition) is 3. The van der Waals surface area contributed by atoms with E-state index in [2.05, 4.69) is 37.1 Å². The van der Waals surface area contributed by atoms with Gasteiger partial charge in [0.25, 0.3) is 5.91 Å². The SMILES string of the molecule is CCCN(CCC)C(=O)c1ccc(Nc2ccccc2C)cn1. The highest BCUT2D eigenvalue weighted by molar-refractivity contribution is 5.92. The van der Waals surface area contributed by atoms with Crippen LogP contribution >= 0.6 is 0 Å². The van der Waals surface area contributed by atoms with Crippen LogP contribution in [0.3, 0.4) is 0 Å². The fourth-order valence-electron chi connectivity index (χ4n) is 2.48. The lowest BCUT2D eigenvalue weighted by atomic mass is 10.2. The third-order valence-corrected chi connectivity index (χ3v) is 3.68. The predicted molar refractivity (Wildman–Crippen MR) is 95.2 cm³/mol. The van der Waals surface area contributed by atoms with Crippen LogP contribution in [0.1, 0.15) is 42.7 Å². The van der Waals surface area contributed by atoms with E-state index in [0.717, 1.165) is 37.3 Å². The normalized spacial score (nSPS) is 10.4. The van der Waals surface area contributed by atoms with Gasteiger partial charge >= 0.3 is 0 Å². The van der Waals surface area contributed by atoms with Gasteiger partial charge in [0.2, 0.25) is 0 Å². The highest BCUT2D eigenvalue weighted by Gasteiger charge is 2.15. The summed E-state index contributed by atoms with van der Waals surface area (Å²) in [5.41, 5.74) is 3.60. The van der Waals surface area contributed by atoms with Crippen molar-refractivity contribution in [3.05, 3.63) is 53.9 Å². The zero-order valence-corrected chi connectivity index (χ0v) is 14.2. The molecule has 1 heterocycles. The molecule has 0 aliphatic rings. The van der Waals surface area contributed by atoms with E-state index in [1.54, 1.807) is 12.3 Å². The van der Waals surface area contributed by atoms with E-state index in [1.165, 1.54) is 5.56 Å². The summed E-state index contributed by atoms with van der Waals surface area (Å²) in [5, 5.41) is 3.33. The molecule has 0 unspecified atom stereocenters. The monoisotopic (exact) mass is 311 g/mol. The first kappa shape index (κ1) is 17.0. The highest BCUT2D eigenvalue weighted by Crippen LogP contribution is 2.19. The largest absolute Gasteiger partial charge is 0.354 e. The molecule has 0 bridgehead atoms. The molecule has 0 saturated heterocycles. The number of hydrogen-bond donors (Lipinski definition) is 1. The van der Waals surface area contributed by atoms with Crippen molar-refractivity contribution in [2.45, 2.75) is 33.6 Å². The van der Waals surface area contributed by atoms with Gasteiger partial charge in [0.05, 0.1) is 11.9 Å². The van der Waals surface area contributed by atoms with E-state index in [0.29, 0.717) is 5.69 Å². The minimum atomic E-state index is 0.0103. The minimum Gasteiger partial charge on any atom is -0.354 e. The standard InChI is InChI=1S/C19H25N3O/c1-4-12-22(13-5-2)19(23)18-11-10-16(14-20-18)21-17-9-7-6-8-15(17)3/h6-11,14,21H,4-5,12-13H2,1-3H3. The molecular weight excluding hydrogens is 286 g/mol. The van der Waals surface area contributed by atoms with Crippen LogP contribution in [0.4, 0.5) is 11.4 Å². The number of nitrogens with zero attached hydrogens (tertiary/aromatic N) is 2. The number of anilines is 2. The van der Waals surface area contributed by atoms with E-state index in [4.69, 9.17) is 0 Å². The molecule has 1 aromatic heterocycles. The van der Waals surface area contributed by atoms with Gasteiger partial charge in [-0.2, -0.15) is 0 Å². The summed E-state index contributed by atoms with van der Waals surface area (Å²) >= 11 is 0. The first-order valence-corrected chi connectivity index (χ1v) is 8.23. The summed E-state index contributed by atoms with van der Waals surface area (Å²) in [6.45, 7) is 7.77. The quantitative estimate of drug-likeness (QED) is 0.824. The minimum absolute atomic E-state index is 0.0103. The Balaban J connectivity index is 2.09. The fourth-order valence-corrected chi connectivity index (χ4v) is 2.48. The van der Waals surface area contributed by atoms with Crippen LogP contribution in [0.5, 0.6) is 0 Å². The Kier molecular flexibility index (Phi) is 6.15. The van der Waals surface area contributed by atoms with Gasteiger partial charge in [0.1, 0.15) is 5.69 Å². The fraction of sp³-hybridized carbons (Fsp3) is 0.368. The summed E-state index contributed by atoms with van der Waals surface area (Å²) in [4.78, 5) is 18.7. The van der Waals surface area contributed by atoms with Gasteiger partial charge in [-0.05, 0) is 43.5 Å². The van der Waals surface area contributed by atoms with Gasteiger partial charge in [0, 0.05) is 18.8 Å². The van der Waals surface area contributed by atoms with E-state index in [9.17, 15) is 4.79 Å². The molecule has 0 radical (unpaired) electrons. The van der Waals surface area contributed by atoms with Gasteiger partial charge in [-0.1, -0.05) is 32.0 Å². The van der Waals surface area contributed by atoms with Gasteiger partial charge in [-0.15, -0.1) is 0 Å². The van der Waals surface area contributed by atoms with Gasteiger partial charge in [-0.3, -0.25) is 4.79 Å². The molecule has 4 nitrogen and oxygen atoms in total. The first-order valence-electron chi connectivity index (χ1n) is 8.23. The summed E-state index contributed by atoms with van der Waals surface area (Å²) in [5.74, 6) is 0.0103. The second-order valence-electron chi connectivity index (χ2n) is 5.66. The molecule has 23 heavy (non-hydrogen) atoms. The molecule has 0 saturated carbocycles. The number of pyridine rings is 1.